The summed E-state index contributed by atoms with van der Waals surface area (Å²) in [4.78, 5) is 11.8. The lowest BCUT2D eigenvalue weighted by Crippen LogP contribution is -2.28. The maximum absolute atomic E-state index is 12.7. The van der Waals surface area contributed by atoms with Gasteiger partial charge < -0.3 is 10.6 Å². The summed E-state index contributed by atoms with van der Waals surface area (Å²) in [6, 6.07) is 8.86. The van der Waals surface area contributed by atoms with Crippen LogP contribution >= 0.6 is 11.3 Å². The fraction of sp³-hybridized carbons (Fsp3) is 0.214. The number of nitrogens with one attached hydrogen (secondary N) is 2. The van der Waals surface area contributed by atoms with Crippen LogP contribution in [0, 0.1) is 0 Å². The smallest absolute Gasteiger partial charge is 0.341 e. The highest BCUT2D eigenvalue weighted by atomic mass is 32.2. The van der Waals surface area contributed by atoms with Crippen molar-refractivity contribution in [1.82, 2.24) is 5.32 Å². The Morgan fingerprint density at radius 3 is 2.52 bits per heavy atom. The molecule has 1 aromatic heterocycles. The topological polar surface area (TPSA) is 75.3 Å². The number of amides is 1. The standard InChI is InChI=1S/C14H14F2N2O3S2/c15-14(16)23(20,21)12-6-2-1-4-10(12)17-7-8-18-13(19)11-5-3-9-22-11/h1-6,9,14,17H,7-8H2,(H,18,19). The number of thiophene rings is 1. The quantitative estimate of drug-likeness (QED) is 0.744. The summed E-state index contributed by atoms with van der Waals surface area (Å²) in [5.74, 6) is -3.72. The van der Waals surface area contributed by atoms with Crippen molar-refractivity contribution in [3.8, 4) is 0 Å². The molecule has 0 saturated carbocycles. The molecule has 0 aliphatic carbocycles. The summed E-state index contributed by atoms with van der Waals surface area (Å²) in [5, 5.41) is 7.18. The number of hydrogen-bond acceptors (Lipinski definition) is 5. The molecule has 5 nitrogen and oxygen atoms in total. The van der Waals surface area contributed by atoms with E-state index in [-0.39, 0.29) is 24.7 Å². The van der Waals surface area contributed by atoms with Gasteiger partial charge in [0.05, 0.1) is 15.5 Å². The molecule has 2 aromatic rings. The first-order valence-corrected chi connectivity index (χ1v) is 9.02. The molecule has 9 heteroatoms. The first-order chi connectivity index (χ1) is 10.9. The Morgan fingerprint density at radius 2 is 1.87 bits per heavy atom. The number of carbonyl (C=O) groups is 1. The van der Waals surface area contributed by atoms with E-state index < -0.39 is 20.5 Å². The SMILES string of the molecule is O=C(NCCNc1ccccc1S(=O)(=O)C(F)F)c1cccs1. The molecule has 0 atom stereocenters. The Bertz CT molecular complexity index is 762. The zero-order chi connectivity index (χ0) is 16.9. The highest BCUT2D eigenvalue weighted by Gasteiger charge is 2.28. The molecule has 2 N–H and O–H groups in total. The summed E-state index contributed by atoms with van der Waals surface area (Å²) < 4.78 is 48.5. The second-order valence-electron chi connectivity index (χ2n) is 4.46. The van der Waals surface area contributed by atoms with Crippen LogP contribution in [0.25, 0.3) is 0 Å². The van der Waals surface area contributed by atoms with Gasteiger partial charge >= 0.3 is 5.76 Å². The van der Waals surface area contributed by atoms with Gasteiger partial charge in [0.1, 0.15) is 0 Å². The van der Waals surface area contributed by atoms with Crippen LogP contribution in [0.3, 0.4) is 0 Å². The first kappa shape index (κ1) is 17.4. The maximum atomic E-state index is 12.7. The molecule has 0 bridgehead atoms. The number of para-hydroxylation sites is 1. The maximum Gasteiger partial charge on any atom is 0.341 e. The summed E-state index contributed by atoms with van der Waals surface area (Å²) in [6.45, 7) is 0.423. The van der Waals surface area contributed by atoms with E-state index in [2.05, 4.69) is 10.6 Å². The normalized spacial score (nSPS) is 11.4. The van der Waals surface area contributed by atoms with Gasteiger partial charge in [-0.2, -0.15) is 8.78 Å². The van der Waals surface area contributed by atoms with E-state index in [0.717, 1.165) is 6.07 Å². The molecule has 1 aromatic carbocycles. The monoisotopic (exact) mass is 360 g/mol. The average Bonchev–Trinajstić information content (AvgIpc) is 3.06. The molecule has 0 fully saturated rings. The molecule has 1 amide bonds. The Kier molecular flexibility index (Phi) is 5.67. The molecule has 0 aliphatic rings. The molecule has 0 spiro atoms. The van der Waals surface area contributed by atoms with Gasteiger partial charge in [0.2, 0.25) is 9.84 Å². The van der Waals surface area contributed by atoms with Gasteiger partial charge in [-0.15, -0.1) is 11.3 Å². The number of halogens is 2. The van der Waals surface area contributed by atoms with E-state index in [9.17, 15) is 22.0 Å². The van der Waals surface area contributed by atoms with Gasteiger partial charge in [0.15, 0.2) is 0 Å². The zero-order valence-corrected chi connectivity index (χ0v) is 13.5. The minimum absolute atomic E-state index is 0.0816. The highest BCUT2D eigenvalue weighted by molar-refractivity contribution is 7.91. The van der Waals surface area contributed by atoms with Crippen LogP contribution in [0.1, 0.15) is 9.67 Å². The number of benzene rings is 1. The highest BCUT2D eigenvalue weighted by Crippen LogP contribution is 2.25. The van der Waals surface area contributed by atoms with Crippen molar-refractivity contribution in [2.45, 2.75) is 10.7 Å². The van der Waals surface area contributed by atoms with E-state index in [1.165, 1.54) is 29.5 Å². The van der Waals surface area contributed by atoms with E-state index in [1.807, 2.05) is 0 Å². The molecule has 0 saturated heterocycles. The van der Waals surface area contributed by atoms with Crippen LogP contribution < -0.4 is 10.6 Å². The fourth-order valence-corrected chi connectivity index (χ4v) is 3.37. The van der Waals surface area contributed by atoms with Crippen molar-refractivity contribution in [2.75, 3.05) is 18.4 Å². The van der Waals surface area contributed by atoms with Gasteiger partial charge in [-0.05, 0) is 23.6 Å². The zero-order valence-electron chi connectivity index (χ0n) is 11.8. The Labute approximate surface area is 136 Å². The van der Waals surface area contributed by atoms with Crippen molar-refractivity contribution >= 4 is 32.8 Å². The number of carbonyl (C=O) groups excluding carboxylic acids is 1. The van der Waals surface area contributed by atoms with Crippen molar-refractivity contribution in [1.29, 1.82) is 0 Å². The fourth-order valence-electron chi connectivity index (χ4n) is 1.82. The predicted octanol–water partition coefficient (Wildman–Crippen LogP) is 2.59. The van der Waals surface area contributed by atoms with Crippen molar-refractivity contribution in [3.05, 3.63) is 46.7 Å². The van der Waals surface area contributed by atoms with Gasteiger partial charge in [0.25, 0.3) is 5.91 Å². The molecule has 2 rings (SSSR count). The summed E-state index contributed by atoms with van der Waals surface area (Å²) >= 11 is 1.30. The third-order valence-electron chi connectivity index (χ3n) is 2.90. The number of alkyl halides is 2. The second-order valence-corrected chi connectivity index (χ2v) is 7.30. The van der Waals surface area contributed by atoms with Crippen LogP contribution in [0.4, 0.5) is 14.5 Å². The molecular formula is C14H14F2N2O3S2. The summed E-state index contributed by atoms with van der Waals surface area (Å²) in [7, 11) is -4.68. The van der Waals surface area contributed by atoms with E-state index in [1.54, 1.807) is 17.5 Å². The lowest BCUT2D eigenvalue weighted by molar-refractivity contribution is 0.0959. The van der Waals surface area contributed by atoms with Crippen molar-refractivity contribution < 1.29 is 22.0 Å². The van der Waals surface area contributed by atoms with Crippen LogP contribution in [0.5, 0.6) is 0 Å². The number of sulfone groups is 1. The van der Waals surface area contributed by atoms with Gasteiger partial charge in [0, 0.05) is 13.1 Å². The first-order valence-electron chi connectivity index (χ1n) is 6.59. The third kappa shape index (κ3) is 4.26. The summed E-state index contributed by atoms with van der Waals surface area (Å²) in [6.07, 6.45) is 0. The third-order valence-corrected chi connectivity index (χ3v) is 5.21. The van der Waals surface area contributed by atoms with Crippen molar-refractivity contribution in [3.63, 3.8) is 0 Å². The average molecular weight is 360 g/mol. The van der Waals surface area contributed by atoms with Crippen LogP contribution in [0.2, 0.25) is 0 Å². The second kappa shape index (κ2) is 7.51. The van der Waals surface area contributed by atoms with Crippen LogP contribution in [0.15, 0.2) is 46.7 Å². The Hall–Kier alpha value is -2.00. The molecule has 124 valence electrons. The Morgan fingerprint density at radius 1 is 1.13 bits per heavy atom. The van der Waals surface area contributed by atoms with Crippen molar-refractivity contribution in [2.24, 2.45) is 0 Å². The van der Waals surface area contributed by atoms with Gasteiger partial charge in [-0.25, -0.2) is 8.42 Å². The molecule has 23 heavy (non-hydrogen) atoms. The minimum atomic E-state index is -4.68. The Balaban J connectivity index is 1.95. The van der Waals surface area contributed by atoms with Gasteiger partial charge in [-0.1, -0.05) is 18.2 Å². The molecule has 1 heterocycles. The van der Waals surface area contributed by atoms with E-state index in [0.29, 0.717) is 4.88 Å². The number of anilines is 1. The molecular weight excluding hydrogens is 346 g/mol. The number of rotatable bonds is 7. The minimum Gasteiger partial charge on any atom is -0.382 e. The van der Waals surface area contributed by atoms with E-state index in [4.69, 9.17) is 0 Å². The molecule has 0 aliphatic heterocycles. The lowest BCUT2D eigenvalue weighted by atomic mass is 10.3. The van der Waals surface area contributed by atoms with E-state index >= 15 is 0 Å². The van der Waals surface area contributed by atoms with Crippen LogP contribution in [-0.4, -0.2) is 33.2 Å². The van der Waals surface area contributed by atoms with Crippen LogP contribution in [-0.2, 0) is 9.84 Å². The predicted molar refractivity (Wildman–Crippen MR) is 84.8 cm³/mol. The number of hydrogen-bond donors (Lipinski definition) is 2. The molecule has 0 unspecified atom stereocenters. The lowest BCUT2D eigenvalue weighted by Gasteiger charge is -2.12. The largest absolute Gasteiger partial charge is 0.382 e. The molecule has 0 radical (unpaired) electrons. The summed E-state index contributed by atoms with van der Waals surface area (Å²) in [5.41, 5.74) is 0.0816. The van der Waals surface area contributed by atoms with Gasteiger partial charge in [-0.3, -0.25) is 4.79 Å².